The van der Waals surface area contributed by atoms with Crippen molar-refractivity contribution in [3.05, 3.63) is 89.5 Å². The van der Waals surface area contributed by atoms with Gasteiger partial charge in [-0.3, -0.25) is 15.0 Å². The molecule has 0 atom stereocenters. The van der Waals surface area contributed by atoms with Crippen molar-refractivity contribution in [2.24, 2.45) is 0 Å². The average molecular weight is 474 g/mol. The van der Waals surface area contributed by atoms with Crippen LogP contribution in [0.5, 0.6) is 5.75 Å². The third-order valence-corrected chi connectivity index (χ3v) is 5.38. The zero-order chi connectivity index (χ0) is 25.4. The molecule has 0 bridgehead atoms. The molecule has 8 nitrogen and oxygen atoms in total. The number of hydrogen-bond donors (Lipinski definition) is 3. The lowest BCUT2D eigenvalue weighted by Crippen LogP contribution is -2.38. The molecule has 3 aromatic rings. The van der Waals surface area contributed by atoms with Crippen molar-refractivity contribution >= 4 is 29.0 Å². The summed E-state index contributed by atoms with van der Waals surface area (Å²) in [4.78, 5) is 27.6. The molecule has 0 fully saturated rings. The molecule has 3 rings (SSSR count). The van der Waals surface area contributed by atoms with Crippen LogP contribution in [0.3, 0.4) is 0 Å². The third-order valence-electron chi connectivity index (χ3n) is 5.38. The van der Waals surface area contributed by atoms with E-state index in [0.717, 1.165) is 16.9 Å². The molecule has 0 aliphatic carbocycles. The molecule has 8 heteroatoms. The van der Waals surface area contributed by atoms with Gasteiger partial charge in [0.25, 0.3) is 0 Å². The van der Waals surface area contributed by atoms with Gasteiger partial charge in [0.1, 0.15) is 18.2 Å². The number of likely N-dealkylation sites (N-methyl/N-ethyl adjacent to an activating group) is 2. The highest BCUT2D eigenvalue weighted by atomic mass is 16.5. The second kappa shape index (κ2) is 11.7. The van der Waals surface area contributed by atoms with Gasteiger partial charge in [-0.2, -0.15) is 0 Å². The number of amides is 2. The zero-order valence-electron chi connectivity index (χ0n) is 20.2. The zero-order valence-corrected chi connectivity index (χ0v) is 20.2. The van der Waals surface area contributed by atoms with Crippen molar-refractivity contribution in [3.63, 3.8) is 0 Å². The number of nitrogen functional groups attached to an aromatic ring is 1. The van der Waals surface area contributed by atoms with E-state index in [2.05, 4.69) is 5.32 Å². The van der Waals surface area contributed by atoms with Gasteiger partial charge < -0.3 is 25.6 Å². The van der Waals surface area contributed by atoms with Crippen LogP contribution >= 0.6 is 0 Å². The molecule has 0 aromatic heterocycles. The SMILES string of the molecule is CN(C)C(=O)CN(C)C(=N)c1cc(NC(=O)Cc2ccc(OCc3ccccc3)cc2)ccc1N. The summed E-state index contributed by atoms with van der Waals surface area (Å²) in [6.07, 6.45) is 0.188. The first-order chi connectivity index (χ1) is 16.7. The Bertz CT molecular complexity index is 1180. The van der Waals surface area contributed by atoms with Gasteiger partial charge in [0.05, 0.1) is 13.0 Å². The van der Waals surface area contributed by atoms with Crippen molar-refractivity contribution in [2.75, 3.05) is 38.7 Å². The van der Waals surface area contributed by atoms with E-state index in [9.17, 15) is 9.59 Å². The minimum Gasteiger partial charge on any atom is -0.489 e. The molecule has 0 heterocycles. The summed E-state index contributed by atoms with van der Waals surface area (Å²) in [7, 11) is 4.98. The van der Waals surface area contributed by atoms with Gasteiger partial charge in [-0.05, 0) is 41.5 Å². The van der Waals surface area contributed by atoms with E-state index in [4.69, 9.17) is 15.9 Å². The van der Waals surface area contributed by atoms with E-state index in [0.29, 0.717) is 23.5 Å². The lowest BCUT2D eigenvalue weighted by atomic mass is 10.1. The van der Waals surface area contributed by atoms with Crippen LogP contribution in [0.1, 0.15) is 16.7 Å². The van der Waals surface area contributed by atoms with E-state index in [1.54, 1.807) is 39.3 Å². The molecule has 0 radical (unpaired) electrons. The number of benzene rings is 3. The normalized spacial score (nSPS) is 10.4. The number of anilines is 2. The van der Waals surface area contributed by atoms with E-state index in [1.165, 1.54) is 9.80 Å². The Morgan fingerprint density at radius 2 is 1.63 bits per heavy atom. The van der Waals surface area contributed by atoms with E-state index in [1.807, 2.05) is 54.6 Å². The van der Waals surface area contributed by atoms with Crippen LogP contribution in [0, 0.1) is 5.41 Å². The lowest BCUT2D eigenvalue weighted by Gasteiger charge is -2.22. The third kappa shape index (κ3) is 7.33. The van der Waals surface area contributed by atoms with Gasteiger partial charge in [0.2, 0.25) is 11.8 Å². The molecular weight excluding hydrogens is 442 g/mol. The Kier molecular flexibility index (Phi) is 8.45. The lowest BCUT2D eigenvalue weighted by molar-refractivity contribution is -0.128. The van der Waals surface area contributed by atoms with Gasteiger partial charge in [-0.25, -0.2) is 0 Å². The molecule has 4 N–H and O–H groups in total. The van der Waals surface area contributed by atoms with Gasteiger partial charge >= 0.3 is 0 Å². The Balaban J connectivity index is 1.57. The van der Waals surface area contributed by atoms with E-state index >= 15 is 0 Å². The minimum atomic E-state index is -0.193. The summed E-state index contributed by atoms with van der Waals surface area (Å²) in [6.45, 7) is 0.528. The van der Waals surface area contributed by atoms with Crippen LogP contribution in [0.15, 0.2) is 72.8 Å². The number of amidine groups is 1. The Morgan fingerprint density at radius 3 is 2.29 bits per heavy atom. The molecule has 0 unspecified atom stereocenters. The molecule has 0 aliphatic rings. The van der Waals surface area contributed by atoms with Crippen molar-refractivity contribution in [1.82, 2.24) is 9.80 Å². The Labute approximate surface area is 205 Å². The van der Waals surface area contributed by atoms with E-state index < -0.39 is 0 Å². The van der Waals surface area contributed by atoms with Crippen molar-refractivity contribution in [1.29, 1.82) is 5.41 Å². The number of nitrogens with two attached hydrogens (primary N) is 1. The minimum absolute atomic E-state index is 0.0485. The van der Waals surface area contributed by atoms with Crippen LogP contribution in [0.2, 0.25) is 0 Å². The summed E-state index contributed by atoms with van der Waals surface area (Å²) in [5, 5.41) is 11.3. The first kappa shape index (κ1) is 25.3. The van der Waals surface area contributed by atoms with Gasteiger partial charge in [0, 0.05) is 38.1 Å². The quantitative estimate of drug-likeness (QED) is 0.251. The monoisotopic (exact) mass is 473 g/mol. The fourth-order valence-corrected chi connectivity index (χ4v) is 3.30. The molecule has 0 saturated heterocycles. The number of carbonyl (C=O) groups is 2. The van der Waals surface area contributed by atoms with Crippen LogP contribution in [0.4, 0.5) is 11.4 Å². The molecule has 0 saturated carbocycles. The summed E-state index contributed by atoms with van der Waals surface area (Å²) in [6, 6.07) is 22.3. The molecule has 3 aromatic carbocycles. The van der Waals surface area contributed by atoms with E-state index in [-0.39, 0.29) is 30.6 Å². The summed E-state index contributed by atoms with van der Waals surface area (Å²) < 4.78 is 5.79. The molecule has 0 spiro atoms. The summed E-state index contributed by atoms with van der Waals surface area (Å²) in [5.74, 6) is 0.509. The van der Waals surface area contributed by atoms with Crippen LogP contribution in [0.25, 0.3) is 0 Å². The fraction of sp³-hybridized carbons (Fsp3) is 0.222. The highest BCUT2D eigenvalue weighted by Gasteiger charge is 2.16. The molecule has 0 aliphatic heterocycles. The molecule has 182 valence electrons. The number of rotatable bonds is 9. The molecule has 2 amide bonds. The highest BCUT2D eigenvalue weighted by Crippen LogP contribution is 2.20. The topological polar surface area (TPSA) is 112 Å². The van der Waals surface area contributed by atoms with Gasteiger partial charge in [-0.15, -0.1) is 0 Å². The largest absolute Gasteiger partial charge is 0.489 e. The van der Waals surface area contributed by atoms with Gasteiger partial charge in [-0.1, -0.05) is 42.5 Å². The fourth-order valence-electron chi connectivity index (χ4n) is 3.30. The van der Waals surface area contributed by atoms with Crippen molar-refractivity contribution < 1.29 is 14.3 Å². The standard InChI is InChI=1S/C27H31N5O3/c1-31(2)26(34)17-32(3)27(29)23-16-21(11-14-24(23)28)30-25(33)15-19-9-12-22(13-10-19)35-18-20-7-5-4-6-8-20/h4-14,16,29H,15,17-18,28H2,1-3H3,(H,30,33). The van der Waals surface area contributed by atoms with Crippen molar-refractivity contribution in [2.45, 2.75) is 13.0 Å². The first-order valence-electron chi connectivity index (χ1n) is 11.2. The number of nitrogens with zero attached hydrogens (tertiary/aromatic N) is 2. The summed E-state index contributed by atoms with van der Waals surface area (Å²) in [5.41, 5.74) is 9.35. The highest BCUT2D eigenvalue weighted by molar-refractivity contribution is 6.04. The maximum atomic E-state index is 12.6. The predicted octanol–water partition coefficient (Wildman–Crippen LogP) is 3.37. The second-order valence-electron chi connectivity index (χ2n) is 8.44. The summed E-state index contributed by atoms with van der Waals surface area (Å²) >= 11 is 0. The van der Waals surface area contributed by atoms with Gasteiger partial charge in [0.15, 0.2) is 0 Å². The number of ether oxygens (including phenoxy) is 1. The maximum Gasteiger partial charge on any atom is 0.241 e. The predicted molar refractivity (Wildman–Crippen MR) is 139 cm³/mol. The van der Waals surface area contributed by atoms with Crippen molar-refractivity contribution in [3.8, 4) is 5.75 Å². The smallest absolute Gasteiger partial charge is 0.241 e. The Morgan fingerprint density at radius 1 is 0.943 bits per heavy atom. The maximum absolute atomic E-state index is 12.6. The first-order valence-corrected chi connectivity index (χ1v) is 11.2. The average Bonchev–Trinajstić information content (AvgIpc) is 2.84. The second-order valence-corrected chi connectivity index (χ2v) is 8.44. The number of carbonyl (C=O) groups excluding carboxylic acids is 2. The van der Waals surface area contributed by atoms with Crippen LogP contribution in [-0.4, -0.2) is 55.1 Å². The number of nitrogens with one attached hydrogen (secondary N) is 2. The van der Waals surface area contributed by atoms with Crippen LogP contribution in [-0.2, 0) is 22.6 Å². The number of hydrogen-bond acceptors (Lipinski definition) is 5. The molecule has 35 heavy (non-hydrogen) atoms. The van der Waals surface area contributed by atoms with Crippen LogP contribution < -0.4 is 15.8 Å². The molecular formula is C27H31N5O3. The Hall–Kier alpha value is -4.33.